The lowest BCUT2D eigenvalue weighted by Gasteiger charge is -2.26. The summed E-state index contributed by atoms with van der Waals surface area (Å²) >= 11 is 0. The van der Waals surface area contributed by atoms with E-state index in [4.69, 9.17) is 0 Å². The largest absolute Gasteiger partial charge is 0.393 e. The summed E-state index contributed by atoms with van der Waals surface area (Å²) in [4.78, 5) is 0. The zero-order valence-electron chi connectivity index (χ0n) is 8.85. The maximum atomic E-state index is 9.24. The summed E-state index contributed by atoms with van der Waals surface area (Å²) in [6.45, 7) is 12.3. The predicted octanol–water partition coefficient (Wildman–Crippen LogP) is 3.14. The molecule has 0 radical (unpaired) electrons. The van der Waals surface area contributed by atoms with Crippen molar-refractivity contribution in [2.75, 3.05) is 0 Å². The molecule has 0 saturated carbocycles. The van der Waals surface area contributed by atoms with Gasteiger partial charge in [-0.3, -0.25) is 0 Å². The highest BCUT2D eigenvalue weighted by Gasteiger charge is 2.20. The van der Waals surface area contributed by atoms with Crippen LogP contribution in [0.15, 0.2) is 12.2 Å². The number of rotatable bonds is 5. The van der Waals surface area contributed by atoms with Crippen molar-refractivity contribution in [2.45, 2.75) is 53.1 Å². The number of hydrogen-bond donors (Lipinski definition) is 1. The third-order valence-corrected chi connectivity index (χ3v) is 2.08. The van der Waals surface area contributed by atoms with Gasteiger partial charge in [-0.2, -0.15) is 0 Å². The Balaban J connectivity index is 3.94. The van der Waals surface area contributed by atoms with E-state index in [9.17, 15) is 5.11 Å². The van der Waals surface area contributed by atoms with Gasteiger partial charge in [0.2, 0.25) is 0 Å². The van der Waals surface area contributed by atoms with Crippen LogP contribution in [0.4, 0.5) is 0 Å². The minimum Gasteiger partial charge on any atom is -0.393 e. The van der Waals surface area contributed by atoms with E-state index in [2.05, 4.69) is 27.4 Å². The fourth-order valence-electron chi connectivity index (χ4n) is 1.67. The lowest BCUT2D eigenvalue weighted by atomic mass is 9.81. The van der Waals surface area contributed by atoms with Crippen molar-refractivity contribution in [3.63, 3.8) is 0 Å². The molecule has 1 heteroatoms. The SMILES string of the molecule is C=C(CC)CC(C)(C)CC(C)O. The molecule has 0 aromatic heterocycles. The molecule has 1 unspecified atom stereocenters. The Morgan fingerprint density at radius 1 is 1.50 bits per heavy atom. The van der Waals surface area contributed by atoms with Gasteiger partial charge in [0.15, 0.2) is 0 Å². The fourth-order valence-corrected chi connectivity index (χ4v) is 1.67. The molecule has 1 N–H and O–H groups in total. The van der Waals surface area contributed by atoms with Crippen molar-refractivity contribution in [3.05, 3.63) is 12.2 Å². The molecular weight excluding hydrogens is 148 g/mol. The minimum atomic E-state index is -0.204. The molecule has 1 atom stereocenters. The summed E-state index contributed by atoms with van der Waals surface area (Å²) in [5.74, 6) is 0. The third kappa shape index (κ3) is 5.36. The van der Waals surface area contributed by atoms with Crippen LogP contribution in [-0.2, 0) is 0 Å². The van der Waals surface area contributed by atoms with Crippen LogP contribution in [-0.4, -0.2) is 11.2 Å². The van der Waals surface area contributed by atoms with Crippen LogP contribution in [0.2, 0.25) is 0 Å². The van der Waals surface area contributed by atoms with Gasteiger partial charge in [-0.15, -0.1) is 0 Å². The second kappa shape index (κ2) is 4.66. The van der Waals surface area contributed by atoms with Crippen LogP contribution >= 0.6 is 0 Å². The number of hydrogen-bond acceptors (Lipinski definition) is 1. The molecule has 72 valence electrons. The number of allylic oxidation sites excluding steroid dienone is 1. The summed E-state index contributed by atoms with van der Waals surface area (Å²) in [6.07, 6.45) is 2.72. The molecule has 12 heavy (non-hydrogen) atoms. The molecule has 0 bridgehead atoms. The van der Waals surface area contributed by atoms with Gasteiger partial charge in [-0.25, -0.2) is 0 Å². The van der Waals surface area contributed by atoms with Gasteiger partial charge in [0.25, 0.3) is 0 Å². The molecule has 0 rings (SSSR count). The zero-order valence-corrected chi connectivity index (χ0v) is 8.85. The van der Waals surface area contributed by atoms with E-state index in [0.29, 0.717) is 0 Å². The maximum absolute atomic E-state index is 9.24. The van der Waals surface area contributed by atoms with E-state index < -0.39 is 0 Å². The molecule has 0 aliphatic carbocycles. The normalized spacial score (nSPS) is 14.4. The van der Waals surface area contributed by atoms with E-state index in [1.165, 1.54) is 5.57 Å². The van der Waals surface area contributed by atoms with Crippen LogP contribution < -0.4 is 0 Å². The van der Waals surface area contributed by atoms with E-state index >= 15 is 0 Å². The lowest BCUT2D eigenvalue weighted by Crippen LogP contribution is -2.18. The highest BCUT2D eigenvalue weighted by atomic mass is 16.3. The van der Waals surface area contributed by atoms with E-state index in [1.54, 1.807) is 0 Å². The predicted molar refractivity (Wildman–Crippen MR) is 54.1 cm³/mol. The zero-order chi connectivity index (χ0) is 9.78. The summed E-state index contributed by atoms with van der Waals surface area (Å²) in [5, 5.41) is 9.24. The Bertz CT molecular complexity index is 145. The van der Waals surface area contributed by atoms with Crippen molar-refractivity contribution in [2.24, 2.45) is 5.41 Å². The van der Waals surface area contributed by atoms with E-state index in [0.717, 1.165) is 19.3 Å². The first kappa shape index (κ1) is 11.7. The number of aliphatic hydroxyl groups is 1. The van der Waals surface area contributed by atoms with Gasteiger partial charge in [-0.1, -0.05) is 32.9 Å². The quantitative estimate of drug-likeness (QED) is 0.628. The molecule has 0 aromatic rings. The summed E-state index contributed by atoms with van der Waals surface area (Å²) in [6, 6.07) is 0. The molecule has 1 nitrogen and oxygen atoms in total. The van der Waals surface area contributed by atoms with Gasteiger partial charge in [-0.05, 0) is 31.6 Å². The van der Waals surface area contributed by atoms with Crippen molar-refractivity contribution < 1.29 is 5.11 Å². The van der Waals surface area contributed by atoms with Gasteiger partial charge < -0.3 is 5.11 Å². The average Bonchev–Trinajstić information content (AvgIpc) is 1.83. The highest BCUT2D eigenvalue weighted by Crippen LogP contribution is 2.30. The van der Waals surface area contributed by atoms with E-state index in [1.807, 2.05) is 6.92 Å². The molecule has 0 spiro atoms. The Labute approximate surface area is 76.5 Å². The molecule has 0 saturated heterocycles. The topological polar surface area (TPSA) is 20.2 Å². The molecule has 0 aliphatic rings. The lowest BCUT2D eigenvalue weighted by molar-refractivity contribution is 0.129. The molecular formula is C11H22O. The third-order valence-electron chi connectivity index (χ3n) is 2.08. The van der Waals surface area contributed by atoms with Crippen LogP contribution in [0.3, 0.4) is 0 Å². The Kier molecular flexibility index (Phi) is 4.54. The second-order valence-electron chi connectivity index (χ2n) is 4.50. The number of aliphatic hydroxyl groups excluding tert-OH is 1. The van der Waals surface area contributed by atoms with Crippen molar-refractivity contribution >= 4 is 0 Å². The molecule has 0 aromatic carbocycles. The Morgan fingerprint density at radius 2 is 2.00 bits per heavy atom. The van der Waals surface area contributed by atoms with Gasteiger partial charge >= 0.3 is 0 Å². The fraction of sp³-hybridized carbons (Fsp3) is 0.818. The minimum absolute atomic E-state index is 0.196. The molecule has 0 amide bonds. The van der Waals surface area contributed by atoms with Crippen LogP contribution in [0, 0.1) is 5.41 Å². The first-order valence-corrected chi connectivity index (χ1v) is 4.72. The first-order valence-electron chi connectivity index (χ1n) is 4.72. The van der Waals surface area contributed by atoms with Crippen LogP contribution in [0.1, 0.15) is 47.0 Å². The van der Waals surface area contributed by atoms with Gasteiger partial charge in [0, 0.05) is 0 Å². The highest BCUT2D eigenvalue weighted by molar-refractivity contribution is 4.97. The van der Waals surface area contributed by atoms with Crippen molar-refractivity contribution in [1.29, 1.82) is 0 Å². The smallest absolute Gasteiger partial charge is 0.0517 e. The maximum Gasteiger partial charge on any atom is 0.0517 e. The standard InChI is InChI=1S/C11H22O/c1-6-9(2)7-11(4,5)8-10(3)12/h10,12H,2,6-8H2,1,3-5H3. The van der Waals surface area contributed by atoms with Crippen molar-refractivity contribution in [3.8, 4) is 0 Å². The first-order chi connectivity index (χ1) is 5.37. The van der Waals surface area contributed by atoms with Gasteiger partial charge in [0.1, 0.15) is 0 Å². The Hall–Kier alpha value is -0.300. The molecule has 0 heterocycles. The van der Waals surface area contributed by atoms with E-state index in [-0.39, 0.29) is 11.5 Å². The molecule has 0 aliphatic heterocycles. The van der Waals surface area contributed by atoms with Gasteiger partial charge in [0.05, 0.1) is 6.10 Å². The van der Waals surface area contributed by atoms with Crippen LogP contribution in [0.25, 0.3) is 0 Å². The summed E-state index contributed by atoms with van der Waals surface area (Å²) < 4.78 is 0. The van der Waals surface area contributed by atoms with Crippen LogP contribution in [0.5, 0.6) is 0 Å². The summed E-state index contributed by atoms with van der Waals surface area (Å²) in [5.41, 5.74) is 1.47. The summed E-state index contributed by atoms with van der Waals surface area (Å²) in [7, 11) is 0. The molecule has 0 fully saturated rings. The Morgan fingerprint density at radius 3 is 2.33 bits per heavy atom. The monoisotopic (exact) mass is 170 g/mol. The van der Waals surface area contributed by atoms with Crippen molar-refractivity contribution in [1.82, 2.24) is 0 Å². The average molecular weight is 170 g/mol. The second-order valence-corrected chi connectivity index (χ2v) is 4.50.